The van der Waals surface area contributed by atoms with Gasteiger partial charge in [-0.15, -0.1) is 6.58 Å². The fourth-order valence-electron chi connectivity index (χ4n) is 1.89. The molecule has 1 aromatic carbocycles. The van der Waals surface area contributed by atoms with Crippen LogP contribution in [0.4, 0.5) is 0 Å². The molecule has 0 fully saturated rings. The van der Waals surface area contributed by atoms with Crippen molar-refractivity contribution in [1.82, 2.24) is 15.1 Å². The minimum Gasteiger partial charge on any atom is -0.309 e. The zero-order valence-corrected chi connectivity index (χ0v) is 10.5. The Kier molecular flexibility index (Phi) is 3.59. The molecule has 0 aliphatic rings. The summed E-state index contributed by atoms with van der Waals surface area (Å²) in [5, 5.41) is 9.27. The molecule has 1 heterocycles. The number of fused-ring (bicyclic) bond motifs is 1. The van der Waals surface area contributed by atoms with Gasteiger partial charge in [0.25, 0.3) is 0 Å². The number of benzene rings is 1. The monoisotopic (exact) mass is 229 g/mol. The summed E-state index contributed by atoms with van der Waals surface area (Å²) in [6.45, 7) is 9.61. The van der Waals surface area contributed by atoms with Gasteiger partial charge in [0.05, 0.1) is 17.8 Å². The molecule has 0 atom stereocenters. The molecule has 0 unspecified atom stereocenters. The molecule has 2 aromatic rings. The van der Waals surface area contributed by atoms with Crippen molar-refractivity contribution in [2.45, 2.75) is 33.0 Å². The first-order valence-corrected chi connectivity index (χ1v) is 6.01. The van der Waals surface area contributed by atoms with Crippen molar-refractivity contribution in [2.75, 3.05) is 0 Å². The van der Waals surface area contributed by atoms with Gasteiger partial charge in [0.1, 0.15) is 0 Å². The highest BCUT2D eigenvalue weighted by atomic mass is 15.3. The minimum atomic E-state index is 0.471. The summed E-state index contributed by atoms with van der Waals surface area (Å²) in [5.41, 5.74) is 2.28. The van der Waals surface area contributed by atoms with E-state index in [0.29, 0.717) is 6.04 Å². The van der Waals surface area contributed by atoms with Crippen LogP contribution in [0.5, 0.6) is 0 Å². The molecule has 90 valence electrons. The molecule has 3 heteroatoms. The van der Waals surface area contributed by atoms with Gasteiger partial charge in [-0.05, 0) is 6.07 Å². The lowest BCUT2D eigenvalue weighted by Crippen LogP contribution is -2.22. The van der Waals surface area contributed by atoms with Crippen LogP contribution >= 0.6 is 0 Å². The smallest absolute Gasteiger partial charge is 0.0841 e. The zero-order chi connectivity index (χ0) is 12.3. The summed E-state index contributed by atoms with van der Waals surface area (Å²) < 4.78 is 2.00. The third kappa shape index (κ3) is 2.56. The highest BCUT2D eigenvalue weighted by Gasteiger charge is 2.08. The molecule has 1 N–H and O–H groups in total. The van der Waals surface area contributed by atoms with E-state index in [4.69, 9.17) is 0 Å². The molecule has 1 aromatic heterocycles. The molecule has 3 nitrogen and oxygen atoms in total. The predicted octanol–water partition coefficient (Wildman–Crippen LogP) is 2.72. The highest BCUT2D eigenvalue weighted by Crippen LogP contribution is 2.18. The number of nitrogens with zero attached hydrogens (tertiary/aromatic N) is 2. The number of para-hydroxylation sites is 1. The lowest BCUT2D eigenvalue weighted by Gasteiger charge is -2.05. The lowest BCUT2D eigenvalue weighted by atomic mass is 10.2. The fourth-order valence-corrected chi connectivity index (χ4v) is 1.89. The Hall–Kier alpha value is -1.61. The Morgan fingerprint density at radius 2 is 2.18 bits per heavy atom. The van der Waals surface area contributed by atoms with Crippen LogP contribution in [-0.2, 0) is 13.1 Å². The lowest BCUT2D eigenvalue weighted by molar-refractivity contribution is 0.574. The van der Waals surface area contributed by atoms with Crippen LogP contribution in [0, 0.1) is 0 Å². The fraction of sp³-hybridized carbons (Fsp3) is 0.357. The maximum Gasteiger partial charge on any atom is 0.0841 e. The Labute approximate surface area is 102 Å². The number of nitrogens with one attached hydrogen (secondary N) is 1. The van der Waals surface area contributed by atoms with Crippen LogP contribution in [0.25, 0.3) is 10.9 Å². The summed E-state index contributed by atoms with van der Waals surface area (Å²) in [7, 11) is 0. The molecule has 0 amide bonds. The van der Waals surface area contributed by atoms with Gasteiger partial charge in [-0.2, -0.15) is 5.10 Å². The number of rotatable bonds is 5. The van der Waals surface area contributed by atoms with Crippen molar-refractivity contribution in [2.24, 2.45) is 0 Å². The number of allylic oxidation sites excluding steroid dienone is 1. The average Bonchev–Trinajstić information content (AvgIpc) is 2.66. The van der Waals surface area contributed by atoms with Gasteiger partial charge in [-0.1, -0.05) is 38.1 Å². The van der Waals surface area contributed by atoms with Gasteiger partial charge >= 0.3 is 0 Å². The van der Waals surface area contributed by atoms with E-state index in [1.54, 1.807) is 0 Å². The summed E-state index contributed by atoms with van der Waals surface area (Å²) in [6.07, 6.45) is 1.87. The summed E-state index contributed by atoms with van der Waals surface area (Å²) >= 11 is 0. The first-order valence-electron chi connectivity index (χ1n) is 6.01. The van der Waals surface area contributed by atoms with Crippen LogP contribution in [0.1, 0.15) is 19.5 Å². The Bertz CT molecular complexity index is 511. The highest BCUT2D eigenvalue weighted by molar-refractivity contribution is 5.81. The first-order chi connectivity index (χ1) is 8.22. The van der Waals surface area contributed by atoms with Crippen LogP contribution in [-0.4, -0.2) is 15.8 Å². The largest absolute Gasteiger partial charge is 0.309 e. The molecule has 0 spiro atoms. The molecule has 0 radical (unpaired) electrons. The second-order valence-electron chi connectivity index (χ2n) is 4.47. The average molecular weight is 229 g/mol. The molecule has 2 rings (SSSR count). The van der Waals surface area contributed by atoms with Crippen molar-refractivity contribution in [1.29, 1.82) is 0 Å². The van der Waals surface area contributed by atoms with Gasteiger partial charge in [0, 0.05) is 18.0 Å². The minimum absolute atomic E-state index is 0.471. The molecule has 0 saturated carbocycles. The van der Waals surface area contributed by atoms with Gasteiger partial charge in [-0.3, -0.25) is 4.68 Å². The maximum absolute atomic E-state index is 4.63. The van der Waals surface area contributed by atoms with Gasteiger partial charge < -0.3 is 5.32 Å². The number of hydrogen-bond acceptors (Lipinski definition) is 2. The van der Waals surface area contributed by atoms with E-state index in [1.807, 2.05) is 16.8 Å². The standard InChI is InChI=1S/C14H19N3/c1-4-9-17-14-8-6-5-7-12(14)13(16-17)10-15-11(2)3/h4-8,11,15H,1,9-10H2,2-3H3. The van der Waals surface area contributed by atoms with Crippen molar-refractivity contribution >= 4 is 10.9 Å². The third-order valence-electron chi connectivity index (χ3n) is 2.71. The molecular formula is C14H19N3. The summed E-state index contributed by atoms with van der Waals surface area (Å²) in [5.74, 6) is 0. The molecule has 17 heavy (non-hydrogen) atoms. The SMILES string of the molecule is C=CCn1nc(CNC(C)C)c2ccccc21. The zero-order valence-electron chi connectivity index (χ0n) is 10.5. The predicted molar refractivity (Wildman–Crippen MR) is 71.9 cm³/mol. The van der Waals surface area contributed by atoms with Crippen LogP contribution in [0.2, 0.25) is 0 Å². The van der Waals surface area contributed by atoms with Crippen LogP contribution in [0.3, 0.4) is 0 Å². The molecule has 0 saturated heterocycles. The van der Waals surface area contributed by atoms with E-state index >= 15 is 0 Å². The van der Waals surface area contributed by atoms with Gasteiger partial charge in [0.15, 0.2) is 0 Å². The second kappa shape index (κ2) is 5.15. The van der Waals surface area contributed by atoms with E-state index in [2.05, 4.69) is 49.0 Å². The molecule has 0 bridgehead atoms. The first kappa shape index (κ1) is 11.9. The van der Waals surface area contributed by atoms with E-state index < -0.39 is 0 Å². The Morgan fingerprint density at radius 1 is 1.41 bits per heavy atom. The topological polar surface area (TPSA) is 29.9 Å². The van der Waals surface area contributed by atoms with Crippen molar-refractivity contribution in [3.8, 4) is 0 Å². The van der Waals surface area contributed by atoms with E-state index in [0.717, 1.165) is 18.8 Å². The normalized spacial score (nSPS) is 11.2. The van der Waals surface area contributed by atoms with E-state index in [9.17, 15) is 0 Å². The van der Waals surface area contributed by atoms with Crippen LogP contribution in [0.15, 0.2) is 36.9 Å². The van der Waals surface area contributed by atoms with Gasteiger partial charge in [0.2, 0.25) is 0 Å². The van der Waals surface area contributed by atoms with Crippen LogP contribution < -0.4 is 5.32 Å². The summed E-state index contributed by atoms with van der Waals surface area (Å²) in [6, 6.07) is 8.80. The Balaban J connectivity index is 2.37. The second-order valence-corrected chi connectivity index (χ2v) is 4.47. The molecule has 0 aliphatic carbocycles. The van der Waals surface area contributed by atoms with Crippen molar-refractivity contribution in [3.05, 3.63) is 42.6 Å². The van der Waals surface area contributed by atoms with Crippen molar-refractivity contribution < 1.29 is 0 Å². The Morgan fingerprint density at radius 3 is 2.88 bits per heavy atom. The number of hydrogen-bond donors (Lipinski definition) is 1. The molecular weight excluding hydrogens is 210 g/mol. The number of aromatic nitrogens is 2. The van der Waals surface area contributed by atoms with E-state index in [1.165, 1.54) is 10.9 Å². The van der Waals surface area contributed by atoms with Gasteiger partial charge in [-0.25, -0.2) is 0 Å². The quantitative estimate of drug-likeness (QED) is 0.799. The summed E-state index contributed by atoms with van der Waals surface area (Å²) in [4.78, 5) is 0. The van der Waals surface area contributed by atoms with Crippen molar-refractivity contribution in [3.63, 3.8) is 0 Å². The maximum atomic E-state index is 4.63. The molecule has 0 aliphatic heterocycles. The third-order valence-corrected chi connectivity index (χ3v) is 2.71. The van der Waals surface area contributed by atoms with E-state index in [-0.39, 0.29) is 0 Å².